The van der Waals surface area contributed by atoms with Gasteiger partial charge in [0.05, 0.1) is 30.5 Å². The monoisotopic (exact) mass is 535 g/mol. The Morgan fingerprint density at radius 3 is 2.56 bits per heavy atom. The minimum atomic E-state index is -0.544. The Bertz CT molecular complexity index is 1240. The molecule has 0 atom stereocenters. The van der Waals surface area contributed by atoms with Gasteiger partial charge >= 0.3 is 0 Å². The first-order valence-electron chi connectivity index (χ1n) is 14.0. The zero-order chi connectivity index (χ0) is 27.9. The second-order valence-corrected chi connectivity index (χ2v) is 12.0. The van der Waals surface area contributed by atoms with Crippen molar-refractivity contribution in [1.82, 2.24) is 20.2 Å². The van der Waals surface area contributed by atoms with Crippen molar-refractivity contribution in [2.75, 3.05) is 48.9 Å². The summed E-state index contributed by atoms with van der Waals surface area (Å²) in [5.74, 6) is 1.66. The van der Waals surface area contributed by atoms with Crippen molar-refractivity contribution >= 4 is 35.0 Å². The number of nitrogens with one attached hydrogen (secondary N) is 2. The molecule has 2 aliphatic heterocycles. The van der Waals surface area contributed by atoms with Gasteiger partial charge in [-0.2, -0.15) is 4.98 Å². The Labute approximate surface area is 231 Å². The average molecular weight is 536 g/mol. The number of likely N-dealkylation sites (tertiary alicyclic amines) is 1. The summed E-state index contributed by atoms with van der Waals surface area (Å²) in [5.41, 5.74) is 1.37. The number of ether oxygens (including phenoxy) is 1. The van der Waals surface area contributed by atoms with E-state index < -0.39 is 5.41 Å². The van der Waals surface area contributed by atoms with Crippen LogP contribution in [0.3, 0.4) is 0 Å². The topological polar surface area (TPSA) is 103 Å². The molecule has 210 valence electrons. The molecular formula is C29H41N7O3. The molecule has 5 rings (SSSR count). The largest absolute Gasteiger partial charge is 0.495 e. The standard InChI is InChI=1S/C29H41N7O3/c1-18(2)35-15-20(16-35)31-26(37)19-11-12-22(24(13-19)39-6)32-28-30-14-23-25(33-28)36(21-9-7-8-10-21)17-29(3,4)27(38)34(23)5/h11-14,18,20-21H,7-10,15-17H2,1-6H3,(H,31,37)(H,30,32,33). The molecule has 0 unspecified atom stereocenters. The van der Waals surface area contributed by atoms with E-state index in [1.807, 2.05) is 19.9 Å². The number of anilines is 4. The van der Waals surface area contributed by atoms with Crippen molar-refractivity contribution in [3.05, 3.63) is 30.0 Å². The number of rotatable bonds is 7. The van der Waals surface area contributed by atoms with Crippen LogP contribution in [0.25, 0.3) is 0 Å². The van der Waals surface area contributed by atoms with Gasteiger partial charge in [0, 0.05) is 44.3 Å². The quantitative estimate of drug-likeness (QED) is 0.552. The van der Waals surface area contributed by atoms with Gasteiger partial charge in [0.25, 0.3) is 5.91 Å². The first-order valence-corrected chi connectivity index (χ1v) is 14.0. The van der Waals surface area contributed by atoms with Crippen molar-refractivity contribution in [2.45, 2.75) is 71.5 Å². The van der Waals surface area contributed by atoms with Crippen LogP contribution in [-0.2, 0) is 4.79 Å². The zero-order valence-electron chi connectivity index (χ0n) is 24.0. The fraction of sp³-hybridized carbons (Fsp3) is 0.586. The van der Waals surface area contributed by atoms with Gasteiger partial charge in [0.15, 0.2) is 5.82 Å². The highest BCUT2D eigenvalue weighted by Crippen LogP contribution is 2.40. The molecule has 2 fully saturated rings. The van der Waals surface area contributed by atoms with Gasteiger partial charge < -0.3 is 25.2 Å². The summed E-state index contributed by atoms with van der Waals surface area (Å²) < 4.78 is 5.63. The van der Waals surface area contributed by atoms with Gasteiger partial charge in [-0.15, -0.1) is 0 Å². The third-order valence-electron chi connectivity index (χ3n) is 8.28. The number of amides is 2. The molecule has 1 aromatic heterocycles. The van der Waals surface area contributed by atoms with Crippen LogP contribution in [0.4, 0.5) is 23.1 Å². The molecule has 1 aliphatic carbocycles. The van der Waals surface area contributed by atoms with Crippen LogP contribution in [0.15, 0.2) is 24.4 Å². The van der Waals surface area contributed by atoms with Crippen LogP contribution in [0, 0.1) is 5.41 Å². The highest BCUT2D eigenvalue weighted by atomic mass is 16.5. The van der Waals surface area contributed by atoms with E-state index in [4.69, 9.17) is 9.72 Å². The van der Waals surface area contributed by atoms with E-state index in [-0.39, 0.29) is 17.9 Å². The van der Waals surface area contributed by atoms with Gasteiger partial charge in [-0.05, 0) is 58.7 Å². The summed E-state index contributed by atoms with van der Waals surface area (Å²) in [7, 11) is 3.38. The third-order valence-corrected chi connectivity index (χ3v) is 8.28. The number of hydrogen-bond donors (Lipinski definition) is 2. The third kappa shape index (κ3) is 5.39. The van der Waals surface area contributed by atoms with Crippen LogP contribution >= 0.6 is 0 Å². The zero-order valence-corrected chi connectivity index (χ0v) is 24.0. The summed E-state index contributed by atoms with van der Waals surface area (Å²) in [5, 5.41) is 6.39. The maximum Gasteiger partial charge on any atom is 0.251 e. The summed E-state index contributed by atoms with van der Waals surface area (Å²) >= 11 is 0. The molecule has 39 heavy (non-hydrogen) atoms. The minimum absolute atomic E-state index is 0.0582. The summed E-state index contributed by atoms with van der Waals surface area (Å²) in [6, 6.07) is 6.33. The van der Waals surface area contributed by atoms with E-state index >= 15 is 0 Å². The molecule has 10 nitrogen and oxygen atoms in total. The number of benzene rings is 1. The summed E-state index contributed by atoms with van der Waals surface area (Å²) in [6.07, 6.45) is 6.27. The lowest BCUT2D eigenvalue weighted by Gasteiger charge is -2.42. The molecule has 2 aromatic rings. The predicted octanol–water partition coefficient (Wildman–Crippen LogP) is 3.80. The normalized spacial score (nSPS) is 20.0. The van der Waals surface area contributed by atoms with Crippen LogP contribution in [0.1, 0.15) is 63.7 Å². The van der Waals surface area contributed by atoms with Crippen molar-refractivity contribution in [3.8, 4) is 5.75 Å². The van der Waals surface area contributed by atoms with Crippen LogP contribution in [0.2, 0.25) is 0 Å². The maximum atomic E-state index is 13.2. The second kappa shape index (κ2) is 10.6. The van der Waals surface area contributed by atoms with Crippen LogP contribution in [-0.4, -0.2) is 78.6 Å². The van der Waals surface area contributed by atoms with Crippen molar-refractivity contribution in [1.29, 1.82) is 0 Å². The number of methoxy groups -OCH3 is 1. The molecule has 1 saturated heterocycles. The molecule has 3 aliphatic rings. The number of aromatic nitrogens is 2. The Morgan fingerprint density at radius 1 is 1.18 bits per heavy atom. The van der Waals surface area contributed by atoms with Gasteiger partial charge in [0.1, 0.15) is 11.4 Å². The molecule has 0 bridgehead atoms. The van der Waals surface area contributed by atoms with E-state index in [9.17, 15) is 9.59 Å². The van der Waals surface area contributed by atoms with Crippen LogP contribution in [0.5, 0.6) is 5.75 Å². The summed E-state index contributed by atoms with van der Waals surface area (Å²) in [4.78, 5) is 41.9. The number of fused-ring (bicyclic) bond motifs is 1. The highest BCUT2D eigenvalue weighted by molar-refractivity contribution is 6.01. The minimum Gasteiger partial charge on any atom is -0.495 e. The molecule has 10 heteroatoms. The molecule has 3 heterocycles. The van der Waals surface area contributed by atoms with E-state index in [0.717, 1.165) is 31.7 Å². The average Bonchev–Trinajstić information content (AvgIpc) is 3.40. The van der Waals surface area contributed by atoms with E-state index in [0.29, 0.717) is 47.3 Å². The van der Waals surface area contributed by atoms with Gasteiger partial charge in [-0.25, -0.2) is 4.98 Å². The number of carbonyl (C=O) groups is 2. The first-order chi connectivity index (χ1) is 18.6. The number of hydrogen-bond acceptors (Lipinski definition) is 8. The lowest BCUT2D eigenvalue weighted by Crippen LogP contribution is -2.61. The molecule has 1 saturated carbocycles. The van der Waals surface area contributed by atoms with E-state index in [1.165, 1.54) is 12.8 Å². The fourth-order valence-electron chi connectivity index (χ4n) is 5.87. The molecule has 0 spiro atoms. The predicted molar refractivity (Wildman–Crippen MR) is 153 cm³/mol. The molecule has 1 aromatic carbocycles. The Morgan fingerprint density at radius 2 is 1.90 bits per heavy atom. The van der Waals surface area contributed by atoms with Crippen molar-refractivity contribution in [2.24, 2.45) is 5.41 Å². The number of nitrogens with zero attached hydrogens (tertiary/aromatic N) is 5. The highest BCUT2D eigenvalue weighted by Gasteiger charge is 2.41. The summed E-state index contributed by atoms with van der Waals surface area (Å²) in [6.45, 7) is 10.7. The van der Waals surface area contributed by atoms with Crippen LogP contribution < -0.4 is 25.2 Å². The maximum absolute atomic E-state index is 13.2. The van der Waals surface area contributed by atoms with Gasteiger partial charge in [-0.3, -0.25) is 14.5 Å². The lowest BCUT2D eigenvalue weighted by molar-refractivity contribution is -0.125. The Kier molecular flexibility index (Phi) is 7.41. The first kappa shape index (κ1) is 27.2. The molecular weight excluding hydrogens is 494 g/mol. The molecule has 0 radical (unpaired) electrons. The fourth-order valence-corrected chi connectivity index (χ4v) is 5.87. The van der Waals surface area contributed by atoms with Gasteiger partial charge in [-0.1, -0.05) is 12.8 Å². The van der Waals surface area contributed by atoms with E-state index in [1.54, 1.807) is 37.4 Å². The Balaban J connectivity index is 1.37. The molecule has 2 N–H and O–H groups in total. The number of carbonyl (C=O) groups excluding carboxylic acids is 2. The SMILES string of the molecule is COc1cc(C(=O)NC2CN(C(C)C)C2)ccc1Nc1ncc2c(n1)N(C1CCCC1)CC(C)(C)C(=O)N2C. The van der Waals surface area contributed by atoms with E-state index in [2.05, 4.69) is 39.3 Å². The van der Waals surface area contributed by atoms with Gasteiger partial charge in [0.2, 0.25) is 11.9 Å². The van der Waals surface area contributed by atoms with Crippen molar-refractivity contribution in [3.63, 3.8) is 0 Å². The Hall–Kier alpha value is -3.40. The molecule has 2 amide bonds. The lowest BCUT2D eigenvalue weighted by atomic mass is 9.91. The van der Waals surface area contributed by atoms with Crippen molar-refractivity contribution < 1.29 is 14.3 Å². The second-order valence-electron chi connectivity index (χ2n) is 12.0. The smallest absolute Gasteiger partial charge is 0.251 e.